The molecular weight excluding hydrogens is 282 g/mol. The fourth-order valence-corrected chi connectivity index (χ4v) is 3.14. The summed E-state index contributed by atoms with van der Waals surface area (Å²) in [6, 6.07) is 16.4. The topological polar surface area (TPSA) is 30.5 Å². The Morgan fingerprint density at radius 2 is 1.81 bits per heavy atom. The number of ether oxygens (including phenoxy) is 2. The van der Waals surface area contributed by atoms with Crippen molar-refractivity contribution < 1.29 is 9.47 Å². The van der Waals surface area contributed by atoms with Crippen LogP contribution in [0.4, 0.5) is 5.69 Å². The standard InChI is InChI=1S/C17H19NO2S/c1-13(12-18-14-5-3-2-4-6-14)21-15-7-8-16-17(11-15)20-10-9-19-16/h2-8,11,13,18H,9-10,12H2,1H3. The molecule has 2 aromatic rings. The highest BCUT2D eigenvalue weighted by molar-refractivity contribution is 8.00. The normalized spacial score (nSPS) is 14.5. The van der Waals surface area contributed by atoms with Crippen molar-refractivity contribution in [1.29, 1.82) is 0 Å². The van der Waals surface area contributed by atoms with E-state index < -0.39 is 0 Å². The molecule has 0 spiro atoms. The van der Waals surface area contributed by atoms with E-state index >= 15 is 0 Å². The molecule has 0 aliphatic carbocycles. The summed E-state index contributed by atoms with van der Waals surface area (Å²) in [6.07, 6.45) is 0. The minimum Gasteiger partial charge on any atom is -0.486 e. The Balaban J connectivity index is 1.56. The van der Waals surface area contributed by atoms with Crippen LogP contribution in [0, 0.1) is 0 Å². The zero-order chi connectivity index (χ0) is 14.5. The molecule has 110 valence electrons. The van der Waals surface area contributed by atoms with E-state index in [4.69, 9.17) is 9.47 Å². The van der Waals surface area contributed by atoms with Gasteiger partial charge in [0.15, 0.2) is 11.5 Å². The van der Waals surface area contributed by atoms with Gasteiger partial charge in [0, 0.05) is 22.4 Å². The molecule has 4 heteroatoms. The van der Waals surface area contributed by atoms with Gasteiger partial charge in [-0.3, -0.25) is 0 Å². The van der Waals surface area contributed by atoms with Gasteiger partial charge in [-0.1, -0.05) is 25.1 Å². The largest absolute Gasteiger partial charge is 0.486 e. The number of para-hydroxylation sites is 1. The van der Waals surface area contributed by atoms with E-state index in [-0.39, 0.29) is 0 Å². The lowest BCUT2D eigenvalue weighted by molar-refractivity contribution is 0.171. The molecule has 1 aliphatic rings. The van der Waals surface area contributed by atoms with Gasteiger partial charge in [-0.15, -0.1) is 11.8 Å². The van der Waals surface area contributed by atoms with Crippen LogP contribution in [-0.2, 0) is 0 Å². The van der Waals surface area contributed by atoms with Crippen LogP contribution in [0.15, 0.2) is 53.4 Å². The lowest BCUT2D eigenvalue weighted by atomic mass is 10.3. The molecule has 0 aromatic heterocycles. The maximum Gasteiger partial charge on any atom is 0.162 e. The molecule has 0 radical (unpaired) electrons. The Hall–Kier alpha value is -1.81. The van der Waals surface area contributed by atoms with Gasteiger partial charge in [-0.25, -0.2) is 0 Å². The maximum absolute atomic E-state index is 5.62. The van der Waals surface area contributed by atoms with Crippen LogP contribution in [0.5, 0.6) is 11.5 Å². The molecule has 1 N–H and O–H groups in total. The summed E-state index contributed by atoms with van der Waals surface area (Å²) in [4.78, 5) is 1.21. The molecule has 0 saturated carbocycles. The van der Waals surface area contributed by atoms with Gasteiger partial charge in [-0.05, 0) is 30.3 Å². The molecule has 21 heavy (non-hydrogen) atoms. The van der Waals surface area contributed by atoms with E-state index in [1.807, 2.05) is 36.0 Å². The van der Waals surface area contributed by atoms with E-state index in [2.05, 4.69) is 36.5 Å². The molecule has 3 nitrogen and oxygen atoms in total. The van der Waals surface area contributed by atoms with Crippen LogP contribution in [0.3, 0.4) is 0 Å². The fourth-order valence-electron chi connectivity index (χ4n) is 2.19. The third kappa shape index (κ3) is 3.85. The van der Waals surface area contributed by atoms with E-state index in [1.165, 1.54) is 4.90 Å². The predicted octanol–water partition coefficient (Wildman–Crippen LogP) is 4.05. The van der Waals surface area contributed by atoms with Crippen LogP contribution in [-0.4, -0.2) is 25.0 Å². The number of hydrogen-bond acceptors (Lipinski definition) is 4. The Morgan fingerprint density at radius 3 is 2.62 bits per heavy atom. The molecule has 2 aromatic carbocycles. The summed E-state index contributed by atoms with van der Waals surface area (Å²) in [7, 11) is 0. The molecule has 3 rings (SSSR count). The number of rotatable bonds is 5. The number of thioether (sulfide) groups is 1. The molecular formula is C17H19NO2S. The molecule has 1 heterocycles. The van der Waals surface area contributed by atoms with Crippen LogP contribution < -0.4 is 14.8 Å². The van der Waals surface area contributed by atoms with Crippen LogP contribution in [0.1, 0.15) is 6.92 Å². The van der Waals surface area contributed by atoms with Crippen LogP contribution >= 0.6 is 11.8 Å². The lowest BCUT2D eigenvalue weighted by Crippen LogP contribution is -2.15. The Morgan fingerprint density at radius 1 is 1.05 bits per heavy atom. The molecule has 1 atom stereocenters. The highest BCUT2D eigenvalue weighted by atomic mass is 32.2. The van der Waals surface area contributed by atoms with E-state index in [9.17, 15) is 0 Å². The minimum atomic E-state index is 0.466. The van der Waals surface area contributed by atoms with Crippen molar-refractivity contribution in [3.05, 3.63) is 48.5 Å². The van der Waals surface area contributed by atoms with Crippen molar-refractivity contribution in [2.45, 2.75) is 17.1 Å². The predicted molar refractivity (Wildman–Crippen MR) is 87.7 cm³/mol. The summed E-state index contributed by atoms with van der Waals surface area (Å²) in [5.41, 5.74) is 1.16. The third-order valence-electron chi connectivity index (χ3n) is 3.22. The Labute approximate surface area is 129 Å². The van der Waals surface area contributed by atoms with Gasteiger partial charge >= 0.3 is 0 Å². The van der Waals surface area contributed by atoms with Gasteiger partial charge in [0.05, 0.1) is 0 Å². The molecule has 0 bridgehead atoms. The summed E-state index contributed by atoms with van der Waals surface area (Å²) < 4.78 is 11.2. The number of nitrogens with one attached hydrogen (secondary N) is 1. The van der Waals surface area contributed by atoms with Crippen molar-refractivity contribution >= 4 is 17.4 Å². The lowest BCUT2D eigenvalue weighted by Gasteiger charge is -2.19. The zero-order valence-corrected chi connectivity index (χ0v) is 12.9. The summed E-state index contributed by atoms with van der Waals surface area (Å²) in [6.45, 7) is 4.41. The average Bonchev–Trinajstić information content (AvgIpc) is 2.54. The third-order valence-corrected chi connectivity index (χ3v) is 4.31. The first-order chi connectivity index (χ1) is 10.3. The number of anilines is 1. The van der Waals surface area contributed by atoms with Gasteiger partial charge in [-0.2, -0.15) is 0 Å². The molecule has 1 aliphatic heterocycles. The molecule has 1 unspecified atom stereocenters. The Bertz CT molecular complexity index is 589. The highest BCUT2D eigenvalue weighted by Gasteiger charge is 2.13. The van der Waals surface area contributed by atoms with Crippen molar-refractivity contribution in [3.63, 3.8) is 0 Å². The SMILES string of the molecule is CC(CNc1ccccc1)Sc1ccc2c(c1)OCCO2. The summed E-state index contributed by atoms with van der Waals surface area (Å²) in [5.74, 6) is 1.70. The number of fused-ring (bicyclic) bond motifs is 1. The van der Waals surface area contributed by atoms with E-state index in [1.54, 1.807) is 0 Å². The number of benzene rings is 2. The second-order valence-electron chi connectivity index (χ2n) is 4.98. The second kappa shape index (κ2) is 6.76. The van der Waals surface area contributed by atoms with Crippen LogP contribution in [0.2, 0.25) is 0 Å². The van der Waals surface area contributed by atoms with Crippen molar-refractivity contribution in [3.8, 4) is 11.5 Å². The first-order valence-electron chi connectivity index (χ1n) is 7.16. The fraction of sp³-hybridized carbons (Fsp3) is 0.294. The van der Waals surface area contributed by atoms with Crippen molar-refractivity contribution in [2.75, 3.05) is 25.1 Å². The monoisotopic (exact) mass is 301 g/mol. The molecule has 0 fully saturated rings. The van der Waals surface area contributed by atoms with E-state index in [0.717, 1.165) is 23.7 Å². The number of hydrogen-bond donors (Lipinski definition) is 1. The smallest absolute Gasteiger partial charge is 0.162 e. The van der Waals surface area contributed by atoms with Crippen molar-refractivity contribution in [1.82, 2.24) is 0 Å². The minimum absolute atomic E-state index is 0.466. The summed E-state index contributed by atoms with van der Waals surface area (Å²) in [5, 5.41) is 3.92. The first-order valence-corrected chi connectivity index (χ1v) is 8.04. The second-order valence-corrected chi connectivity index (χ2v) is 6.49. The van der Waals surface area contributed by atoms with Gasteiger partial charge in [0.2, 0.25) is 0 Å². The quantitative estimate of drug-likeness (QED) is 0.844. The van der Waals surface area contributed by atoms with E-state index in [0.29, 0.717) is 18.5 Å². The maximum atomic E-state index is 5.62. The van der Waals surface area contributed by atoms with Crippen molar-refractivity contribution in [2.24, 2.45) is 0 Å². The molecule has 0 amide bonds. The van der Waals surface area contributed by atoms with Gasteiger partial charge in [0.25, 0.3) is 0 Å². The summed E-state index contributed by atoms with van der Waals surface area (Å²) >= 11 is 1.84. The van der Waals surface area contributed by atoms with Crippen LogP contribution in [0.25, 0.3) is 0 Å². The first kappa shape index (κ1) is 14.1. The highest BCUT2D eigenvalue weighted by Crippen LogP contribution is 2.35. The zero-order valence-electron chi connectivity index (χ0n) is 12.0. The Kier molecular flexibility index (Phi) is 4.55. The average molecular weight is 301 g/mol. The van der Waals surface area contributed by atoms with Gasteiger partial charge < -0.3 is 14.8 Å². The molecule has 0 saturated heterocycles. The van der Waals surface area contributed by atoms with Gasteiger partial charge in [0.1, 0.15) is 13.2 Å².